The second-order valence-electron chi connectivity index (χ2n) is 4.32. The number of carbonyl (C=O) groups excluding carboxylic acids is 1. The Morgan fingerprint density at radius 1 is 1.14 bits per heavy atom. The molecule has 0 radical (unpaired) electrons. The highest BCUT2D eigenvalue weighted by atomic mass is 35.5. The molecule has 0 atom stereocenters. The van der Waals surface area contributed by atoms with Gasteiger partial charge in [-0.25, -0.2) is 0 Å². The van der Waals surface area contributed by atoms with Crippen LogP contribution in [0.5, 0.6) is 5.75 Å². The van der Waals surface area contributed by atoms with E-state index in [0.717, 1.165) is 11.3 Å². The standard InChI is InChI=1S/C17H14Cl2O2/c1-2-21-14-7-3-12(4-8-14)5-10-17(20)15-11-13(18)6-9-16(15)19/h3-11H,2H2,1H3. The van der Waals surface area contributed by atoms with Crippen LogP contribution in [-0.2, 0) is 0 Å². The maximum Gasteiger partial charge on any atom is 0.187 e. The highest BCUT2D eigenvalue weighted by Crippen LogP contribution is 2.22. The number of ether oxygens (including phenoxy) is 1. The Kier molecular flexibility index (Phi) is 5.43. The highest BCUT2D eigenvalue weighted by Gasteiger charge is 2.07. The Morgan fingerprint density at radius 2 is 1.86 bits per heavy atom. The molecule has 0 bridgehead atoms. The van der Waals surface area contributed by atoms with Crippen molar-refractivity contribution in [2.24, 2.45) is 0 Å². The van der Waals surface area contributed by atoms with E-state index in [1.807, 2.05) is 31.2 Å². The van der Waals surface area contributed by atoms with E-state index in [2.05, 4.69) is 0 Å². The normalized spacial score (nSPS) is 10.8. The van der Waals surface area contributed by atoms with Crippen LogP contribution in [0.4, 0.5) is 0 Å². The summed E-state index contributed by atoms with van der Waals surface area (Å²) in [6, 6.07) is 12.3. The second-order valence-corrected chi connectivity index (χ2v) is 5.17. The Balaban J connectivity index is 2.13. The Labute approximate surface area is 134 Å². The molecule has 0 aromatic heterocycles. The molecule has 0 fully saturated rings. The van der Waals surface area contributed by atoms with Crippen LogP contribution < -0.4 is 4.74 Å². The third-order valence-corrected chi connectivity index (χ3v) is 3.38. The van der Waals surface area contributed by atoms with E-state index >= 15 is 0 Å². The zero-order valence-corrected chi connectivity index (χ0v) is 13.0. The van der Waals surface area contributed by atoms with Gasteiger partial charge < -0.3 is 4.74 Å². The molecular formula is C17H14Cl2O2. The lowest BCUT2D eigenvalue weighted by molar-refractivity contribution is 0.104. The summed E-state index contributed by atoms with van der Waals surface area (Å²) in [5, 5.41) is 0.873. The minimum atomic E-state index is -0.184. The molecule has 0 N–H and O–H groups in total. The second kappa shape index (κ2) is 7.30. The zero-order valence-electron chi connectivity index (χ0n) is 11.5. The predicted molar refractivity (Wildman–Crippen MR) is 87.4 cm³/mol. The first-order valence-corrected chi connectivity index (χ1v) is 7.26. The van der Waals surface area contributed by atoms with Crippen LogP contribution >= 0.6 is 23.2 Å². The summed E-state index contributed by atoms with van der Waals surface area (Å²) >= 11 is 11.9. The molecule has 0 saturated heterocycles. The lowest BCUT2D eigenvalue weighted by Crippen LogP contribution is -1.95. The predicted octanol–water partition coefficient (Wildman–Crippen LogP) is 5.29. The van der Waals surface area contributed by atoms with Gasteiger partial charge in [-0.15, -0.1) is 0 Å². The van der Waals surface area contributed by atoms with Crippen LogP contribution in [0.25, 0.3) is 6.08 Å². The lowest BCUT2D eigenvalue weighted by atomic mass is 10.1. The van der Waals surface area contributed by atoms with Gasteiger partial charge in [-0.1, -0.05) is 41.4 Å². The molecule has 2 aromatic carbocycles. The summed E-state index contributed by atoms with van der Waals surface area (Å²) in [6.45, 7) is 2.56. The fourth-order valence-electron chi connectivity index (χ4n) is 1.79. The first kappa shape index (κ1) is 15.6. The highest BCUT2D eigenvalue weighted by molar-refractivity contribution is 6.36. The van der Waals surface area contributed by atoms with E-state index < -0.39 is 0 Å². The molecule has 0 aliphatic carbocycles. The van der Waals surface area contributed by atoms with Crippen molar-refractivity contribution in [3.8, 4) is 5.75 Å². The molecule has 21 heavy (non-hydrogen) atoms. The van der Waals surface area contributed by atoms with Gasteiger partial charge in [0, 0.05) is 10.6 Å². The molecule has 4 heteroatoms. The number of halogens is 2. The van der Waals surface area contributed by atoms with Crippen molar-refractivity contribution in [2.75, 3.05) is 6.61 Å². The van der Waals surface area contributed by atoms with E-state index in [9.17, 15) is 4.79 Å². The van der Waals surface area contributed by atoms with Crippen molar-refractivity contribution in [3.05, 3.63) is 69.7 Å². The maximum absolute atomic E-state index is 12.1. The van der Waals surface area contributed by atoms with Crippen molar-refractivity contribution >= 4 is 35.1 Å². The van der Waals surface area contributed by atoms with Crippen LogP contribution in [0.1, 0.15) is 22.8 Å². The number of benzene rings is 2. The SMILES string of the molecule is CCOc1ccc(C=CC(=O)c2cc(Cl)ccc2Cl)cc1. The van der Waals surface area contributed by atoms with Crippen molar-refractivity contribution in [1.29, 1.82) is 0 Å². The van der Waals surface area contributed by atoms with E-state index in [-0.39, 0.29) is 5.78 Å². The average Bonchev–Trinajstić information content (AvgIpc) is 2.49. The monoisotopic (exact) mass is 320 g/mol. The third-order valence-electron chi connectivity index (χ3n) is 2.81. The van der Waals surface area contributed by atoms with Crippen LogP contribution in [-0.4, -0.2) is 12.4 Å². The largest absolute Gasteiger partial charge is 0.494 e. The summed E-state index contributed by atoms with van der Waals surface area (Å²) in [5.41, 5.74) is 1.30. The molecule has 2 rings (SSSR count). The smallest absolute Gasteiger partial charge is 0.187 e. The van der Waals surface area contributed by atoms with Gasteiger partial charge >= 0.3 is 0 Å². The topological polar surface area (TPSA) is 26.3 Å². The number of hydrogen-bond acceptors (Lipinski definition) is 2. The minimum Gasteiger partial charge on any atom is -0.494 e. The van der Waals surface area contributed by atoms with Gasteiger partial charge in [0.15, 0.2) is 5.78 Å². The van der Waals surface area contributed by atoms with Gasteiger partial charge in [-0.2, -0.15) is 0 Å². The Hall–Kier alpha value is -1.77. The molecule has 0 saturated carbocycles. The Bertz CT molecular complexity index is 661. The minimum absolute atomic E-state index is 0.184. The number of hydrogen-bond donors (Lipinski definition) is 0. The van der Waals surface area contributed by atoms with Gasteiger partial charge in [-0.3, -0.25) is 4.79 Å². The molecule has 0 unspecified atom stereocenters. The van der Waals surface area contributed by atoms with Gasteiger partial charge in [-0.05, 0) is 48.9 Å². The van der Waals surface area contributed by atoms with Crippen molar-refractivity contribution < 1.29 is 9.53 Å². The number of rotatable bonds is 5. The van der Waals surface area contributed by atoms with Crippen LogP contribution in [0, 0.1) is 0 Å². The van der Waals surface area contributed by atoms with Crippen molar-refractivity contribution in [2.45, 2.75) is 6.92 Å². The zero-order chi connectivity index (χ0) is 15.2. The molecule has 2 nitrogen and oxygen atoms in total. The van der Waals surface area contributed by atoms with Crippen LogP contribution in [0.15, 0.2) is 48.5 Å². The van der Waals surface area contributed by atoms with E-state index in [1.54, 1.807) is 24.3 Å². The molecule has 0 aliphatic heterocycles. The molecule has 0 aliphatic rings. The quantitative estimate of drug-likeness (QED) is 0.552. The van der Waals surface area contributed by atoms with Gasteiger partial charge in [0.25, 0.3) is 0 Å². The molecule has 108 valence electrons. The van der Waals surface area contributed by atoms with Crippen LogP contribution in [0.2, 0.25) is 10.0 Å². The number of carbonyl (C=O) groups is 1. The molecule has 0 amide bonds. The Morgan fingerprint density at radius 3 is 2.52 bits per heavy atom. The first-order valence-electron chi connectivity index (χ1n) is 6.50. The third kappa shape index (κ3) is 4.35. The van der Waals surface area contributed by atoms with Crippen molar-refractivity contribution in [3.63, 3.8) is 0 Å². The summed E-state index contributed by atoms with van der Waals surface area (Å²) in [5.74, 6) is 0.621. The van der Waals surface area contributed by atoms with E-state index in [1.165, 1.54) is 6.08 Å². The number of allylic oxidation sites excluding steroid dienone is 1. The van der Waals surface area contributed by atoms with Crippen LogP contribution in [0.3, 0.4) is 0 Å². The fourth-order valence-corrected chi connectivity index (χ4v) is 2.17. The number of ketones is 1. The molecule has 0 heterocycles. The van der Waals surface area contributed by atoms with E-state index in [4.69, 9.17) is 27.9 Å². The summed E-state index contributed by atoms with van der Waals surface area (Å²) in [6.07, 6.45) is 3.21. The summed E-state index contributed by atoms with van der Waals surface area (Å²) in [4.78, 5) is 12.1. The molecular weight excluding hydrogens is 307 g/mol. The summed E-state index contributed by atoms with van der Waals surface area (Å²) in [7, 11) is 0. The fraction of sp³-hybridized carbons (Fsp3) is 0.118. The molecule has 0 spiro atoms. The van der Waals surface area contributed by atoms with E-state index in [0.29, 0.717) is 22.2 Å². The maximum atomic E-state index is 12.1. The lowest BCUT2D eigenvalue weighted by Gasteiger charge is -2.02. The van der Waals surface area contributed by atoms with Crippen molar-refractivity contribution in [1.82, 2.24) is 0 Å². The van der Waals surface area contributed by atoms with Gasteiger partial charge in [0.2, 0.25) is 0 Å². The first-order chi connectivity index (χ1) is 10.1. The average molecular weight is 321 g/mol. The summed E-state index contributed by atoms with van der Waals surface area (Å²) < 4.78 is 5.36. The van der Waals surface area contributed by atoms with Gasteiger partial charge in [0.1, 0.15) is 5.75 Å². The van der Waals surface area contributed by atoms with Gasteiger partial charge in [0.05, 0.1) is 11.6 Å². The molecule has 2 aromatic rings.